The second kappa shape index (κ2) is 11.7. The Morgan fingerprint density at radius 1 is 1.21 bits per heavy atom. The van der Waals surface area contributed by atoms with E-state index in [1.165, 1.54) is 21.5 Å². The van der Waals surface area contributed by atoms with Crippen molar-refractivity contribution in [3.63, 3.8) is 0 Å². The van der Waals surface area contributed by atoms with E-state index in [0.29, 0.717) is 31.9 Å². The third kappa shape index (κ3) is 5.60. The van der Waals surface area contributed by atoms with Gasteiger partial charge in [-0.15, -0.1) is 6.58 Å². The summed E-state index contributed by atoms with van der Waals surface area (Å²) in [5, 5.41) is 11.8. The van der Waals surface area contributed by atoms with Crippen molar-refractivity contribution in [3.05, 3.63) is 82.9 Å². The average molecular weight is 612 g/mol. The third-order valence-corrected chi connectivity index (χ3v) is 11.1. The van der Waals surface area contributed by atoms with Gasteiger partial charge in [-0.3, -0.25) is 4.79 Å². The van der Waals surface area contributed by atoms with Crippen molar-refractivity contribution in [2.45, 2.75) is 50.0 Å². The highest BCUT2D eigenvalue weighted by atomic mass is 35.5. The van der Waals surface area contributed by atoms with E-state index >= 15 is 0 Å². The molecule has 6 rings (SSSR count). The number of aryl methyl sites for hydroxylation is 1. The first-order valence-electron chi connectivity index (χ1n) is 14.8. The van der Waals surface area contributed by atoms with Crippen molar-refractivity contribution in [1.82, 2.24) is 9.03 Å². The Morgan fingerprint density at radius 3 is 2.86 bits per heavy atom. The number of benzene rings is 2. The Balaban J connectivity index is 1.41. The molecule has 0 aromatic heterocycles. The summed E-state index contributed by atoms with van der Waals surface area (Å²) >= 11 is 6.38. The molecule has 2 heterocycles. The van der Waals surface area contributed by atoms with Crippen LogP contribution in [0.3, 0.4) is 0 Å². The van der Waals surface area contributed by atoms with Crippen LogP contribution in [0.5, 0.6) is 5.75 Å². The molecular formula is C32H38ClN3O5S. The molecule has 2 aliphatic heterocycles. The fourth-order valence-electron chi connectivity index (χ4n) is 7.10. The number of anilines is 1. The minimum Gasteiger partial charge on any atom is -0.490 e. The third-order valence-electron chi connectivity index (χ3n) is 9.44. The molecule has 4 atom stereocenters. The van der Waals surface area contributed by atoms with Gasteiger partial charge < -0.3 is 14.7 Å². The molecule has 1 spiro atoms. The maximum absolute atomic E-state index is 13.3. The summed E-state index contributed by atoms with van der Waals surface area (Å²) in [5.41, 5.74) is 3.23. The highest BCUT2D eigenvalue weighted by Crippen LogP contribution is 2.46. The molecule has 224 valence electrons. The van der Waals surface area contributed by atoms with E-state index in [1.807, 2.05) is 12.1 Å². The lowest BCUT2D eigenvalue weighted by molar-refractivity contribution is 0.0456. The number of amides is 1. The number of carbonyl (C=O) groups excluding carboxylic acids is 1. The maximum Gasteiger partial charge on any atom is 0.304 e. The van der Waals surface area contributed by atoms with Crippen LogP contribution in [-0.4, -0.2) is 62.6 Å². The summed E-state index contributed by atoms with van der Waals surface area (Å²) < 4.78 is 36.3. The van der Waals surface area contributed by atoms with Crippen LogP contribution in [0.4, 0.5) is 5.69 Å². The van der Waals surface area contributed by atoms with E-state index in [2.05, 4.69) is 28.3 Å². The molecule has 1 amide bonds. The highest BCUT2D eigenvalue weighted by Gasteiger charge is 2.44. The van der Waals surface area contributed by atoms with E-state index in [9.17, 15) is 18.3 Å². The van der Waals surface area contributed by atoms with Crippen LogP contribution in [-0.2, 0) is 22.0 Å². The number of ether oxygens (including phenoxy) is 1. The second-order valence-electron chi connectivity index (χ2n) is 12.1. The van der Waals surface area contributed by atoms with Crippen molar-refractivity contribution in [2.75, 3.05) is 37.7 Å². The zero-order valence-corrected chi connectivity index (χ0v) is 25.2. The number of hydrogen-bond acceptors (Lipinski definition) is 6. The van der Waals surface area contributed by atoms with E-state index in [0.717, 1.165) is 42.8 Å². The van der Waals surface area contributed by atoms with Crippen LogP contribution >= 0.6 is 11.6 Å². The first kappa shape index (κ1) is 29.2. The van der Waals surface area contributed by atoms with E-state index < -0.39 is 22.2 Å². The van der Waals surface area contributed by atoms with Gasteiger partial charge in [0.25, 0.3) is 5.91 Å². The minimum absolute atomic E-state index is 0.0598. The molecule has 2 bridgehead atoms. The smallest absolute Gasteiger partial charge is 0.304 e. The number of nitrogens with zero attached hydrogens (tertiary/aromatic N) is 2. The Labute approximate surface area is 253 Å². The molecule has 0 radical (unpaired) electrons. The molecular weight excluding hydrogens is 574 g/mol. The molecule has 8 nitrogen and oxygen atoms in total. The maximum atomic E-state index is 13.3. The fraction of sp³-hybridized carbons (Fsp3) is 0.469. The van der Waals surface area contributed by atoms with Crippen LogP contribution in [0.25, 0.3) is 0 Å². The lowest BCUT2D eigenvalue weighted by Crippen LogP contribution is -2.49. The second-order valence-corrected chi connectivity index (χ2v) is 14.2. The van der Waals surface area contributed by atoms with Gasteiger partial charge in [0.2, 0.25) is 0 Å². The number of hydrogen-bond donors (Lipinski definition) is 2. The Hall–Kier alpha value is -2.85. The highest BCUT2D eigenvalue weighted by molar-refractivity contribution is 7.87. The quantitative estimate of drug-likeness (QED) is 0.481. The van der Waals surface area contributed by atoms with E-state index in [-0.39, 0.29) is 35.9 Å². The summed E-state index contributed by atoms with van der Waals surface area (Å²) in [4.78, 5) is 15.7. The zero-order chi connectivity index (χ0) is 29.5. The summed E-state index contributed by atoms with van der Waals surface area (Å²) in [5.74, 6) is 0.347. The lowest BCUT2D eigenvalue weighted by atomic mass is 9.68. The van der Waals surface area contributed by atoms with E-state index in [1.54, 1.807) is 24.3 Å². The van der Waals surface area contributed by atoms with Gasteiger partial charge in [-0.2, -0.15) is 12.7 Å². The number of halogens is 1. The van der Waals surface area contributed by atoms with Crippen LogP contribution in [0.15, 0.2) is 61.2 Å². The van der Waals surface area contributed by atoms with Crippen molar-refractivity contribution < 1.29 is 23.1 Å². The van der Waals surface area contributed by atoms with Gasteiger partial charge in [0, 0.05) is 42.2 Å². The molecule has 1 fully saturated rings. The molecule has 0 saturated heterocycles. The Kier molecular flexibility index (Phi) is 8.13. The standard InChI is InChI=1S/C32H38ClN3O5S/c1-2-15-36-16-4-3-7-29(37)26-11-8-24(26)19-35-20-32(14-5-6-22-17-25(33)10-12-27(22)32)21-41-30-13-9-23(18-28(30)35)31(38)34-42(36,39)40/h2-3,7,9-10,12-13,17-18,24,26,29,37H,1,4-6,8,11,14-16,19-21H2,(H,34,38)/b7-3-/t24-,26+,29-,32-/m0/s1. The molecule has 4 aliphatic rings. The zero-order valence-electron chi connectivity index (χ0n) is 23.7. The summed E-state index contributed by atoms with van der Waals surface area (Å²) in [6.45, 7) is 5.76. The minimum atomic E-state index is -4.12. The summed E-state index contributed by atoms with van der Waals surface area (Å²) in [6.07, 6.45) is 9.79. The monoisotopic (exact) mass is 611 g/mol. The van der Waals surface area contributed by atoms with Gasteiger partial charge in [0.15, 0.2) is 0 Å². The van der Waals surface area contributed by atoms with Crippen molar-refractivity contribution in [1.29, 1.82) is 0 Å². The Morgan fingerprint density at radius 2 is 2.07 bits per heavy atom. The van der Waals surface area contributed by atoms with Gasteiger partial charge in [-0.05, 0) is 91.8 Å². The van der Waals surface area contributed by atoms with Crippen LogP contribution in [0, 0.1) is 11.8 Å². The van der Waals surface area contributed by atoms with Gasteiger partial charge in [0.05, 0.1) is 18.4 Å². The first-order chi connectivity index (χ1) is 20.2. The van der Waals surface area contributed by atoms with E-state index in [4.69, 9.17) is 16.3 Å². The first-order valence-corrected chi connectivity index (χ1v) is 16.6. The number of fused-ring (bicyclic) bond motifs is 4. The number of carbonyl (C=O) groups is 1. The number of nitrogens with one attached hydrogen (secondary N) is 1. The van der Waals surface area contributed by atoms with Crippen LogP contribution in [0.1, 0.15) is 53.6 Å². The Bertz CT molecular complexity index is 1510. The molecule has 0 unspecified atom stereocenters. The normalized spacial score (nSPS) is 30.1. The van der Waals surface area contributed by atoms with Gasteiger partial charge in [-0.25, -0.2) is 4.72 Å². The number of aliphatic hydroxyl groups is 1. The molecule has 2 aliphatic carbocycles. The SMILES string of the molecule is C=CCN1CC/C=C\[C@H](O)[C@@H]2CC[C@H]2CN2C[C@@]3(CCCc4cc(Cl)ccc43)COc3ccc(cc32)C(=O)NS1(=O)=O. The predicted octanol–water partition coefficient (Wildman–Crippen LogP) is 4.62. The largest absolute Gasteiger partial charge is 0.490 e. The number of rotatable bonds is 2. The van der Waals surface area contributed by atoms with Gasteiger partial charge >= 0.3 is 10.2 Å². The number of aliphatic hydroxyl groups excluding tert-OH is 1. The van der Waals surface area contributed by atoms with Crippen molar-refractivity contribution in [3.8, 4) is 5.75 Å². The lowest BCUT2D eigenvalue weighted by Gasteiger charge is -2.45. The predicted molar refractivity (Wildman–Crippen MR) is 164 cm³/mol. The molecule has 10 heteroatoms. The molecule has 42 heavy (non-hydrogen) atoms. The summed E-state index contributed by atoms with van der Waals surface area (Å²) in [7, 11) is -4.12. The summed E-state index contributed by atoms with van der Waals surface area (Å²) in [6, 6.07) is 11.3. The molecule has 1 saturated carbocycles. The van der Waals surface area contributed by atoms with Gasteiger partial charge in [-0.1, -0.05) is 35.9 Å². The molecule has 2 N–H and O–H groups in total. The van der Waals surface area contributed by atoms with Crippen molar-refractivity contribution >= 4 is 33.4 Å². The van der Waals surface area contributed by atoms with Crippen LogP contribution < -0.4 is 14.4 Å². The molecule has 2 aromatic rings. The topological polar surface area (TPSA) is 99.2 Å². The van der Waals surface area contributed by atoms with Crippen LogP contribution in [0.2, 0.25) is 5.02 Å². The average Bonchev–Trinajstić information content (AvgIpc) is 3.09. The van der Waals surface area contributed by atoms with Gasteiger partial charge in [0.1, 0.15) is 5.75 Å². The fourth-order valence-corrected chi connectivity index (χ4v) is 8.42. The molecule has 2 aromatic carbocycles. The van der Waals surface area contributed by atoms with Crippen molar-refractivity contribution in [2.24, 2.45) is 11.8 Å².